The van der Waals surface area contributed by atoms with Crippen molar-refractivity contribution < 1.29 is 9.59 Å². The molecule has 23 heavy (non-hydrogen) atoms. The van der Waals surface area contributed by atoms with Crippen LogP contribution in [0.4, 0.5) is 0 Å². The highest BCUT2D eigenvalue weighted by Crippen LogP contribution is 2.30. The molecule has 0 bridgehead atoms. The van der Waals surface area contributed by atoms with Crippen molar-refractivity contribution in [3.05, 3.63) is 21.4 Å². The zero-order valence-corrected chi connectivity index (χ0v) is 14.7. The summed E-state index contributed by atoms with van der Waals surface area (Å²) >= 11 is 1.48. The maximum atomic E-state index is 12.7. The van der Waals surface area contributed by atoms with Crippen LogP contribution >= 0.6 is 11.3 Å². The van der Waals surface area contributed by atoms with Gasteiger partial charge in [-0.05, 0) is 51.2 Å². The Morgan fingerprint density at radius 1 is 1.22 bits per heavy atom. The van der Waals surface area contributed by atoms with E-state index in [1.54, 1.807) is 4.90 Å². The molecule has 4 nitrogen and oxygen atoms in total. The molecule has 0 N–H and O–H groups in total. The maximum Gasteiger partial charge on any atom is 0.247 e. The summed E-state index contributed by atoms with van der Waals surface area (Å²) in [6.45, 7) is 4.75. The van der Waals surface area contributed by atoms with Crippen LogP contribution in [0.25, 0.3) is 0 Å². The molecule has 1 aromatic rings. The molecule has 0 aliphatic heterocycles. The lowest BCUT2D eigenvalue weighted by atomic mass is 9.98. The van der Waals surface area contributed by atoms with Gasteiger partial charge in [-0.25, -0.2) is 0 Å². The van der Waals surface area contributed by atoms with Crippen LogP contribution in [0.3, 0.4) is 0 Å². The van der Waals surface area contributed by atoms with Gasteiger partial charge in [-0.3, -0.25) is 9.59 Å². The van der Waals surface area contributed by atoms with Gasteiger partial charge in [0.05, 0.1) is 10.9 Å². The van der Waals surface area contributed by atoms with Crippen LogP contribution in [-0.2, 0) is 17.6 Å². The lowest BCUT2D eigenvalue weighted by Crippen LogP contribution is -2.38. The van der Waals surface area contributed by atoms with Crippen molar-refractivity contribution in [1.29, 1.82) is 5.26 Å². The van der Waals surface area contributed by atoms with E-state index in [0.29, 0.717) is 18.0 Å². The van der Waals surface area contributed by atoms with Crippen LogP contribution in [0.5, 0.6) is 0 Å². The number of amides is 1. The zero-order chi connectivity index (χ0) is 16.8. The van der Waals surface area contributed by atoms with Crippen molar-refractivity contribution in [2.24, 2.45) is 5.92 Å². The van der Waals surface area contributed by atoms with E-state index in [1.165, 1.54) is 34.6 Å². The molecule has 5 heteroatoms. The highest BCUT2D eigenvalue weighted by Gasteiger charge is 2.32. The van der Waals surface area contributed by atoms with Crippen LogP contribution < -0.4 is 0 Å². The third-order valence-electron chi connectivity index (χ3n) is 4.45. The molecule has 1 atom stereocenters. The van der Waals surface area contributed by atoms with Crippen LogP contribution in [0.15, 0.2) is 6.07 Å². The molecule has 0 unspecified atom stereocenters. The molecule has 1 heterocycles. The number of carbonyl (C=O) groups excluding carboxylic acids is 2. The summed E-state index contributed by atoms with van der Waals surface area (Å²) in [6, 6.07) is 3.84. The van der Waals surface area contributed by atoms with Crippen LogP contribution in [-0.4, -0.2) is 29.7 Å². The van der Waals surface area contributed by atoms with E-state index in [4.69, 9.17) is 0 Å². The summed E-state index contributed by atoms with van der Waals surface area (Å²) in [5.41, 5.74) is 1.24. The summed E-state index contributed by atoms with van der Waals surface area (Å²) in [4.78, 5) is 28.5. The van der Waals surface area contributed by atoms with Gasteiger partial charge < -0.3 is 4.90 Å². The number of aryl methyl sites for hydroxylation is 2. The van der Waals surface area contributed by atoms with E-state index in [9.17, 15) is 14.9 Å². The van der Waals surface area contributed by atoms with E-state index < -0.39 is 5.92 Å². The average molecular weight is 332 g/mol. The van der Waals surface area contributed by atoms with Crippen LogP contribution in [0, 0.1) is 17.2 Å². The van der Waals surface area contributed by atoms with Crippen molar-refractivity contribution in [3.63, 3.8) is 0 Å². The van der Waals surface area contributed by atoms with Crippen molar-refractivity contribution in [2.75, 3.05) is 13.1 Å². The van der Waals surface area contributed by atoms with Crippen molar-refractivity contribution in [3.8, 4) is 6.07 Å². The number of fused-ring (bicyclic) bond motifs is 1. The topological polar surface area (TPSA) is 61.2 Å². The number of rotatable bonds is 5. The Labute approximate surface area is 142 Å². The van der Waals surface area contributed by atoms with Gasteiger partial charge in [-0.15, -0.1) is 11.3 Å². The number of hydrogen-bond acceptors (Lipinski definition) is 4. The number of thiophene rings is 1. The van der Waals surface area contributed by atoms with Gasteiger partial charge in [0, 0.05) is 18.0 Å². The molecule has 2 rings (SSSR count). The Morgan fingerprint density at radius 2 is 1.87 bits per heavy atom. The van der Waals surface area contributed by atoms with E-state index in [-0.39, 0.29) is 11.7 Å². The second-order valence-electron chi connectivity index (χ2n) is 5.91. The molecule has 0 saturated heterocycles. The minimum absolute atomic E-state index is 0.332. The fraction of sp³-hybridized carbons (Fsp3) is 0.611. The molecule has 124 valence electrons. The summed E-state index contributed by atoms with van der Waals surface area (Å²) in [6.07, 6.45) is 6.79. The van der Waals surface area contributed by atoms with Crippen molar-refractivity contribution in [1.82, 2.24) is 4.90 Å². The van der Waals surface area contributed by atoms with Gasteiger partial charge in [0.1, 0.15) is 0 Å². The normalized spacial score (nSPS) is 15.7. The standard InChI is InChI=1S/C18H24N2O2S/c1-3-20(4-2)18(22)14(12-19)17(21)16-11-13-9-7-5-6-8-10-15(13)23-16/h11,14H,3-10H2,1-2H3/t14-/m0/s1. The van der Waals surface area contributed by atoms with E-state index in [2.05, 4.69) is 0 Å². The smallest absolute Gasteiger partial charge is 0.247 e. The fourth-order valence-corrected chi connectivity index (χ4v) is 4.28. The predicted molar refractivity (Wildman–Crippen MR) is 91.6 cm³/mol. The van der Waals surface area contributed by atoms with Gasteiger partial charge in [0.25, 0.3) is 0 Å². The highest BCUT2D eigenvalue weighted by molar-refractivity contribution is 7.14. The van der Waals surface area contributed by atoms with E-state index >= 15 is 0 Å². The molecule has 0 aromatic carbocycles. The van der Waals surface area contributed by atoms with Gasteiger partial charge in [-0.2, -0.15) is 5.26 Å². The van der Waals surface area contributed by atoms with Crippen molar-refractivity contribution in [2.45, 2.75) is 52.4 Å². The minimum atomic E-state index is -1.21. The molecule has 0 spiro atoms. The van der Waals surface area contributed by atoms with E-state index in [1.807, 2.05) is 26.0 Å². The molecule has 1 amide bonds. The van der Waals surface area contributed by atoms with Gasteiger partial charge in [0.15, 0.2) is 11.7 Å². The summed E-state index contributed by atoms with van der Waals surface area (Å²) in [5, 5.41) is 9.35. The number of carbonyl (C=O) groups is 2. The van der Waals surface area contributed by atoms with Gasteiger partial charge in [0.2, 0.25) is 5.91 Å². The molecule has 1 aromatic heterocycles. The van der Waals surface area contributed by atoms with Crippen LogP contribution in [0.1, 0.15) is 59.6 Å². The monoisotopic (exact) mass is 332 g/mol. The maximum absolute atomic E-state index is 12.7. The van der Waals surface area contributed by atoms with Gasteiger partial charge in [-0.1, -0.05) is 12.8 Å². The summed E-state index contributed by atoms with van der Waals surface area (Å²) in [5.74, 6) is -1.91. The quantitative estimate of drug-likeness (QED) is 0.611. The first-order chi connectivity index (χ1) is 11.1. The molecule has 0 radical (unpaired) electrons. The highest BCUT2D eigenvalue weighted by atomic mass is 32.1. The summed E-state index contributed by atoms with van der Waals surface area (Å²) < 4.78 is 0. The number of Topliss-reactive ketones (excluding diaryl/α,β-unsaturated/α-hetero) is 1. The Hall–Kier alpha value is -1.67. The zero-order valence-electron chi connectivity index (χ0n) is 13.9. The van der Waals surface area contributed by atoms with Crippen LogP contribution in [0.2, 0.25) is 0 Å². The largest absolute Gasteiger partial charge is 0.342 e. The molecular formula is C18H24N2O2S. The number of hydrogen-bond donors (Lipinski definition) is 0. The third kappa shape index (κ3) is 4.00. The first-order valence-corrected chi connectivity index (χ1v) is 9.28. The lowest BCUT2D eigenvalue weighted by Gasteiger charge is -2.20. The Morgan fingerprint density at radius 3 is 2.48 bits per heavy atom. The number of nitriles is 1. The predicted octanol–water partition coefficient (Wildman–Crippen LogP) is 3.60. The minimum Gasteiger partial charge on any atom is -0.342 e. The molecule has 1 aliphatic carbocycles. The van der Waals surface area contributed by atoms with Crippen molar-refractivity contribution >= 4 is 23.0 Å². The molecule has 1 aliphatic rings. The third-order valence-corrected chi connectivity index (χ3v) is 5.70. The molecule has 0 fully saturated rings. The number of ketones is 1. The second-order valence-corrected chi connectivity index (χ2v) is 7.05. The SMILES string of the molecule is CCN(CC)C(=O)[C@@H](C#N)C(=O)c1cc2c(s1)CCCCCC2. The fourth-order valence-electron chi connectivity index (χ4n) is 3.05. The lowest BCUT2D eigenvalue weighted by molar-refractivity contribution is -0.132. The molecule has 0 saturated carbocycles. The first kappa shape index (κ1) is 17.7. The molecular weight excluding hydrogens is 308 g/mol. The second kappa shape index (κ2) is 8.26. The number of nitrogens with zero attached hydrogens (tertiary/aromatic N) is 2. The Kier molecular flexibility index (Phi) is 6.35. The van der Waals surface area contributed by atoms with E-state index in [0.717, 1.165) is 25.7 Å². The van der Waals surface area contributed by atoms with Gasteiger partial charge >= 0.3 is 0 Å². The average Bonchev–Trinajstić information content (AvgIpc) is 2.91. The Bertz CT molecular complexity index is 586. The summed E-state index contributed by atoms with van der Waals surface area (Å²) in [7, 11) is 0. The first-order valence-electron chi connectivity index (χ1n) is 8.46. The Balaban J connectivity index is 2.23.